The van der Waals surface area contributed by atoms with Gasteiger partial charge in [0.2, 0.25) is 0 Å². The van der Waals surface area contributed by atoms with Gasteiger partial charge < -0.3 is 10.8 Å². The molecule has 1 aliphatic carbocycles. The summed E-state index contributed by atoms with van der Waals surface area (Å²) in [6, 6.07) is 3.95. The maximum Gasteiger partial charge on any atom is 0.120 e. The lowest BCUT2D eigenvalue weighted by Gasteiger charge is -2.19. The molecular formula is C12H18ClNO. The molecule has 84 valence electrons. The Labute approximate surface area is 96.9 Å². The van der Waals surface area contributed by atoms with Crippen LogP contribution in [0.15, 0.2) is 12.1 Å². The standard InChI is InChI=1S/C12H17NO.ClH/c1-12(2)4-3-8-6-11(14)9(7-13)5-10(8)12;/h5-6,14H,3-4,7,13H2,1-2H3;1H. The van der Waals surface area contributed by atoms with Gasteiger partial charge in [-0.05, 0) is 35.4 Å². The van der Waals surface area contributed by atoms with Crippen molar-refractivity contribution < 1.29 is 5.11 Å². The first-order valence-electron chi connectivity index (χ1n) is 5.10. The van der Waals surface area contributed by atoms with Crippen molar-refractivity contribution in [2.75, 3.05) is 0 Å². The van der Waals surface area contributed by atoms with E-state index < -0.39 is 0 Å². The first-order chi connectivity index (χ1) is 6.54. The molecule has 0 saturated carbocycles. The van der Waals surface area contributed by atoms with Crippen molar-refractivity contribution in [1.29, 1.82) is 0 Å². The molecule has 0 aromatic heterocycles. The Bertz CT molecular complexity index is 374. The van der Waals surface area contributed by atoms with Gasteiger partial charge in [0.1, 0.15) is 5.75 Å². The van der Waals surface area contributed by atoms with Crippen LogP contribution in [0.25, 0.3) is 0 Å². The molecule has 0 unspecified atom stereocenters. The Hall–Kier alpha value is -0.730. The zero-order valence-corrected chi connectivity index (χ0v) is 10.0. The molecule has 0 spiro atoms. The highest BCUT2D eigenvalue weighted by Gasteiger charge is 2.30. The second-order valence-electron chi connectivity index (χ2n) is 4.73. The molecule has 3 heteroatoms. The summed E-state index contributed by atoms with van der Waals surface area (Å²) >= 11 is 0. The van der Waals surface area contributed by atoms with E-state index in [1.807, 2.05) is 6.07 Å². The van der Waals surface area contributed by atoms with E-state index in [4.69, 9.17) is 5.73 Å². The molecule has 0 amide bonds. The molecule has 15 heavy (non-hydrogen) atoms. The smallest absolute Gasteiger partial charge is 0.120 e. The van der Waals surface area contributed by atoms with Crippen LogP contribution in [-0.2, 0) is 18.4 Å². The van der Waals surface area contributed by atoms with Crippen LogP contribution < -0.4 is 5.73 Å². The summed E-state index contributed by atoms with van der Waals surface area (Å²) < 4.78 is 0. The van der Waals surface area contributed by atoms with E-state index in [1.165, 1.54) is 11.1 Å². The zero-order valence-electron chi connectivity index (χ0n) is 9.21. The predicted octanol–water partition coefficient (Wildman–Crippen LogP) is 2.50. The molecule has 2 rings (SSSR count). The minimum atomic E-state index is 0. The summed E-state index contributed by atoms with van der Waals surface area (Å²) in [4.78, 5) is 0. The summed E-state index contributed by atoms with van der Waals surface area (Å²) in [6.07, 6.45) is 2.23. The molecule has 0 atom stereocenters. The number of nitrogens with two attached hydrogens (primary N) is 1. The topological polar surface area (TPSA) is 46.2 Å². The molecule has 0 bridgehead atoms. The fourth-order valence-electron chi connectivity index (χ4n) is 2.26. The van der Waals surface area contributed by atoms with E-state index in [1.54, 1.807) is 0 Å². The van der Waals surface area contributed by atoms with Gasteiger partial charge in [0.25, 0.3) is 0 Å². The molecular weight excluding hydrogens is 210 g/mol. The molecule has 1 aromatic rings. The molecule has 2 nitrogen and oxygen atoms in total. The number of rotatable bonds is 1. The van der Waals surface area contributed by atoms with Crippen molar-refractivity contribution in [3.8, 4) is 5.75 Å². The van der Waals surface area contributed by atoms with Gasteiger partial charge in [0.15, 0.2) is 0 Å². The van der Waals surface area contributed by atoms with Crippen molar-refractivity contribution >= 4 is 12.4 Å². The second-order valence-corrected chi connectivity index (χ2v) is 4.73. The number of aromatic hydroxyl groups is 1. The number of phenolic OH excluding ortho intramolecular Hbond substituents is 1. The van der Waals surface area contributed by atoms with E-state index in [-0.39, 0.29) is 17.8 Å². The van der Waals surface area contributed by atoms with Crippen LogP contribution in [0.4, 0.5) is 0 Å². The van der Waals surface area contributed by atoms with Gasteiger partial charge in [-0.2, -0.15) is 0 Å². The Morgan fingerprint density at radius 1 is 1.40 bits per heavy atom. The third-order valence-electron chi connectivity index (χ3n) is 3.27. The lowest BCUT2D eigenvalue weighted by molar-refractivity contribution is 0.467. The maximum atomic E-state index is 9.66. The highest BCUT2D eigenvalue weighted by molar-refractivity contribution is 5.85. The van der Waals surface area contributed by atoms with Gasteiger partial charge in [0.05, 0.1) is 0 Å². The molecule has 3 N–H and O–H groups in total. The fraction of sp³-hybridized carbons (Fsp3) is 0.500. The van der Waals surface area contributed by atoms with Gasteiger partial charge in [0, 0.05) is 12.1 Å². The van der Waals surface area contributed by atoms with Crippen molar-refractivity contribution in [3.05, 3.63) is 28.8 Å². The van der Waals surface area contributed by atoms with Crippen molar-refractivity contribution in [3.63, 3.8) is 0 Å². The van der Waals surface area contributed by atoms with Crippen LogP contribution in [0.3, 0.4) is 0 Å². The molecule has 1 aliphatic rings. The van der Waals surface area contributed by atoms with Crippen molar-refractivity contribution in [2.45, 2.75) is 38.6 Å². The monoisotopic (exact) mass is 227 g/mol. The Kier molecular flexibility index (Phi) is 3.31. The molecule has 0 aliphatic heterocycles. The first-order valence-corrected chi connectivity index (χ1v) is 5.10. The van der Waals surface area contributed by atoms with E-state index in [9.17, 15) is 5.11 Å². The predicted molar refractivity (Wildman–Crippen MR) is 64.6 cm³/mol. The van der Waals surface area contributed by atoms with E-state index in [2.05, 4.69) is 19.9 Å². The van der Waals surface area contributed by atoms with Crippen LogP contribution >= 0.6 is 12.4 Å². The quantitative estimate of drug-likeness (QED) is 0.775. The molecule has 0 fully saturated rings. The number of halogens is 1. The Morgan fingerprint density at radius 2 is 2.07 bits per heavy atom. The van der Waals surface area contributed by atoms with Crippen LogP contribution in [0.1, 0.15) is 37.0 Å². The third-order valence-corrected chi connectivity index (χ3v) is 3.27. The number of hydrogen-bond donors (Lipinski definition) is 2. The summed E-state index contributed by atoms with van der Waals surface area (Å²) in [5.41, 5.74) is 9.32. The average Bonchev–Trinajstić information content (AvgIpc) is 2.41. The van der Waals surface area contributed by atoms with Gasteiger partial charge in [-0.25, -0.2) is 0 Å². The Balaban J connectivity index is 0.00000112. The summed E-state index contributed by atoms with van der Waals surface area (Å²) in [5, 5.41) is 9.66. The largest absolute Gasteiger partial charge is 0.508 e. The highest BCUT2D eigenvalue weighted by Crippen LogP contribution is 2.40. The average molecular weight is 228 g/mol. The van der Waals surface area contributed by atoms with Gasteiger partial charge in [-0.3, -0.25) is 0 Å². The van der Waals surface area contributed by atoms with E-state index >= 15 is 0 Å². The molecule has 0 radical (unpaired) electrons. The number of hydrogen-bond acceptors (Lipinski definition) is 2. The lowest BCUT2D eigenvalue weighted by Crippen LogP contribution is -2.12. The van der Waals surface area contributed by atoms with Gasteiger partial charge >= 0.3 is 0 Å². The first kappa shape index (κ1) is 12.3. The number of aryl methyl sites for hydroxylation is 1. The minimum Gasteiger partial charge on any atom is -0.508 e. The zero-order chi connectivity index (χ0) is 10.3. The second kappa shape index (κ2) is 4.03. The molecule has 0 heterocycles. The SMILES string of the molecule is CC1(C)CCc2cc(O)c(CN)cc21.Cl. The van der Waals surface area contributed by atoms with Gasteiger partial charge in [-0.15, -0.1) is 12.4 Å². The summed E-state index contributed by atoms with van der Waals surface area (Å²) in [5.74, 6) is 0.351. The maximum absolute atomic E-state index is 9.66. The normalized spacial score (nSPS) is 17.0. The number of phenols is 1. The van der Waals surface area contributed by atoms with Crippen LogP contribution in [0, 0.1) is 0 Å². The van der Waals surface area contributed by atoms with Crippen molar-refractivity contribution in [2.24, 2.45) is 5.73 Å². The Morgan fingerprint density at radius 3 is 2.67 bits per heavy atom. The highest BCUT2D eigenvalue weighted by atomic mass is 35.5. The van der Waals surface area contributed by atoms with Crippen LogP contribution in [-0.4, -0.2) is 5.11 Å². The minimum absolute atomic E-state index is 0. The van der Waals surface area contributed by atoms with E-state index in [0.717, 1.165) is 18.4 Å². The third kappa shape index (κ3) is 1.97. The van der Waals surface area contributed by atoms with Crippen LogP contribution in [0.5, 0.6) is 5.75 Å². The molecule has 0 saturated heterocycles. The fourth-order valence-corrected chi connectivity index (χ4v) is 2.26. The molecule has 1 aromatic carbocycles. The summed E-state index contributed by atoms with van der Waals surface area (Å²) in [6.45, 7) is 4.90. The van der Waals surface area contributed by atoms with Gasteiger partial charge in [-0.1, -0.05) is 19.9 Å². The summed E-state index contributed by atoms with van der Waals surface area (Å²) in [7, 11) is 0. The number of benzene rings is 1. The lowest BCUT2D eigenvalue weighted by atomic mass is 9.86. The number of fused-ring (bicyclic) bond motifs is 1. The van der Waals surface area contributed by atoms with Crippen molar-refractivity contribution in [1.82, 2.24) is 0 Å². The van der Waals surface area contributed by atoms with E-state index in [0.29, 0.717) is 12.3 Å². The van der Waals surface area contributed by atoms with Crippen LogP contribution in [0.2, 0.25) is 0 Å².